The molecular weight excluding hydrogens is 612 g/mol. The van der Waals surface area contributed by atoms with Crippen molar-refractivity contribution in [2.24, 2.45) is 23.7 Å². The maximum atomic E-state index is 14.2. The zero-order chi connectivity index (χ0) is 35.9. The monoisotopic (exact) mass is 668 g/mol. The summed E-state index contributed by atoms with van der Waals surface area (Å²) in [6, 6.07) is 1.94. The van der Waals surface area contributed by atoms with E-state index in [9.17, 15) is 28.8 Å². The van der Waals surface area contributed by atoms with Gasteiger partial charge in [-0.3, -0.25) is 28.8 Å². The van der Waals surface area contributed by atoms with Crippen LogP contribution in [0.4, 0.5) is 5.69 Å². The zero-order valence-corrected chi connectivity index (χ0v) is 30.1. The SMILES string of the molecule is CC[C@H](C)[C@@H]1NC(=O)C(C(C)C)NC(=O)C(CC(C)C)N(C)C(=O)[C@@H]2CCCCN2C(=O)c2ccccc2NC(=O)C(C(C)C)NC1=O. The largest absolute Gasteiger partial charge is 0.342 e. The number of carbonyl (C=O) groups excluding carboxylic acids is 6. The van der Waals surface area contributed by atoms with Crippen molar-refractivity contribution >= 4 is 41.1 Å². The fourth-order valence-electron chi connectivity index (χ4n) is 6.36. The Bertz CT molecular complexity index is 1350. The summed E-state index contributed by atoms with van der Waals surface area (Å²) in [6.07, 6.45) is 2.76. The molecule has 2 aliphatic heterocycles. The van der Waals surface area contributed by atoms with Gasteiger partial charge in [0.15, 0.2) is 0 Å². The molecule has 2 aliphatic rings. The number of anilines is 1. The van der Waals surface area contributed by atoms with Crippen molar-refractivity contribution in [2.75, 3.05) is 18.9 Å². The molecule has 2 heterocycles. The van der Waals surface area contributed by atoms with Crippen LogP contribution in [0.2, 0.25) is 0 Å². The predicted molar refractivity (Wildman–Crippen MR) is 185 cm³/mol. The van der Waals surface area contributed by atoms with Crippen molar-refractivity contribution in [1.82, 2.24) is 25.8 Å². The number of amides is 6. The number of piperidine rings is 1. The summed E-state index contributed by atoms with van der Waals surface area (Å²) in [7, 11) is 1.57. The maximum Gasteiger partial charge on any atom is 0.256 e. The van der Waals surface area contributed by atoms with E-state index in [0.717, 1.165) is 6.42 Å². The fourth-order valence-corrected chi connectivity index (χ4v) is 6.36. The molecule has 3 unspecified atom stereocenters. The predicted octanol–water partition coefficient (Wildman–Crippen LogP) is 3.32. The van der Waals surface area contributed by atoms with E-state index in [0.29, 0.717) is 32.2 Å². The standard InChI is InChI=1S/C36H56N6O6/c1-10-23(8)30-34(46)39-28(21(4)5)32(44)37-25-16-12-11-15-24(25)35(47)42-18-14-13-17-26(42)36(48)41(9)27(19-20(2)3)31(43)38-29(22(6)7)33(45)40-30/h11-12,15-16,20-23,26-30H,10,13-14,17-19H2,1-9H3,(H,37,44)(H,38,43)(H,39,46)(H,40,45)/t23-,26-,27?,28?,29?,30-/m0/s1. The highest BCUT2D eigenvalue weighted by Gasteiger charge is 2.40. The van der Waals surface area contributed by atoms with E-state index in [1.807, 2.05) is 27.7 Å². The third-order valence-electron chi connectivity index (χ3n) is 9.56. The molecule has 0 bridgehead atoms. The number of nitrogens with zero attached hydrogens (tertiary/aromatic N) is 2. The summed E-state index contributed by atoms with van der Waals surface area (Å²) < 4.78 is 0. The smallest absolute Gasteiger partial charge is 0.256 e. The minimum absolute atomic E-state index is 0.0379. The number of hydrogen-bond acceptors (Lipinski definition) is 6. The first-order chi connectivity index (χ1) is 22.6. The maximum absolute atomic E-state index is 14.2. The minimum atomic E-state index is -0.997. The Morgan fingerprint density at radius 1 is 0.750 bits per heavy atom. The number of hydrogen-bond donors (Lipinski definition) is 4. The first-order valence-corrected chi connectivity index (χ1v) is 17.5. The molecule has 1 fully saturated rings. The van der Waals surface area contributed by atoms with E-state index >= 15 is 0 Å². The summed E-state index contributed by atoms with van der Waals surface area (Å²) in [5.74, 6) is -3.75. The second kappa shape index (κ2) is 16.9. The molecular formula is C36H56N6O6. The van der Waals surface area contributed by atoms with E-state index in [-0.39, 0.29) is 40.8 Å². The first kappa shape index (κ1) is 38.5. The number of nitrogens with one attached hydrogen (secondary N) is 4. The fraction of sp³-hybridized carbons (Fsp3) is 0.667. The summed E-state index contributed by atoms with van der Waals surface area (Å²) in [6.45, 7) is 15.2. The van der Waals surface area contributed by atoms with Crippen LogP contribution in [0.5, 0.6) is 0 Å². The molecule has 12 nitrogen and oxygen atoms in total. The molecule has 3 rings (SSSR count). The molecule has 1 aromatic carbocycles. The molecule has 0 spiro atoms. The number of likely N-dealkylation sites (N-methyl/N-ethyl adjacent to an activating group) is 1. The average Bonchev–Trinajstić information content (AvgIpc) is 3.05. The molecule has 12 heteroatoms. The lowest BCUT2D eigenvalue weighted by Crippen LogP contribution is -2.61. The van der Waals surface area contributed by atoms with Crippen LogP contribution in [-0.4, -0.2) is 89.0 Å². The van der Waals surface area contributed by atoms with E-state index < -0.39 is 59.7 Å². The molecule has 48 heavy (non-hydrogen) atoms. The van der Waals surface area contributed by atoms with Crippen LogP contribution in [0.3, 0.4) is 0 Å². The van der Waals surface area contributed by atoms with Gasteiger partial charge in [-0.1, -0.05) is 73.9 Å². The van der Waals surface area contributed by atoms with Gasteiger partial charge < -0.3 is 31.1 Å². The van der Waals surface area contributed by atoms with E-state index in [2.05, 4.69) is 21.3 Å². The number of para-hydroxylation sites is 1. The molecule has 1 saturated heterocycles. The highest BCUT2D eigenvalue weighted by Crippen LogP contribution is 2.26. The Kier molecular flexibility index (Phi) is 13.6. The van der Waals surface area contributed by atoms with Gasteiger partial charge in [-0.25, -0.2) is 0 Å². The summed E-state index contributed by atoms with van der Waals surface area (Å²) in [5.41, 5.74) is 0.486. The number of rotatable bonds is 6. The Balaban J connectivity index is 2.17. The highest BCUT2D eigenvalue weighted by molar-refractivity contribution is 6.07. The molecule has 6 atom stereocenters. The van der Waals surface area contributed by atoms with Crippen LogP contribution in [-0.2, 0) is 24.0 Å². The summed E-state index contributed by atoms with van der Waals surface area (Å²) in [4.78, 5) is 86.7. The lowest BCUT2D eigenvalue weighted by atomic mass is 9.94. The molecule has 0 saturated carbocycles. The second-order valence-electron chi connectivity index (χ2n) is 14.5. The van der Waals surface area contributed by atoms with Crippen LogP contribution in [0.25, 0.3) is 0 Å². The summed E-state index contributed by atoms with van der Waals surface area (Å²) in [5, 5.41) is 11.5. The third-order valence-corrected chi connectivity index (χ3v) is 9.56. The lowest BCUT2D eigenvalue weighted by molar-refractivity contribution is -0.144. The van der Waals surface area contributed by atoms with Crippen molar-refractivity contribution in [3.8, 4) is 0 Å². The molecule has 0 radical (unpaired) electrons. The Morgan fingerprint density at radius 3 is 1.92 bits per heavy atom. The van der Waals surface area contributed by atoms with Gasteiger partial charge in [0.05, 0.1) is 11.3 Å². The van der Waals surface area contributed by atoms with Gasteiger partial charge in [-0.15, -0.1) is 0 Å². The van der Waals surface area contributed by atoms with Crippen LogP contribution < -0.4 is 21.3 Å². The molecule has 0 aromatic heterocycles. The number of carbonyl (C=O) groups is 6. The van der Waals surface area contributed by atoms with Gasteiger partial charge in [0.1, 0.15) is 30.2 Å². The Labute approximate surface area is 285 Å². The van der Waals surface area contributed by atoms with Gasteiger partial charge in [0.2, 0.25) is 29.5 Å². The molecule has 0 aliphatic carbocycles. The van der Waals surface area contributed by atoms with Crippen molar-refractivity contribution in [3.05, 3.63) is 29.8 Å². The zero-order valence-electron chi connectivity index (χ0n) is 30.1. The molecule has 4 N–H and O–H groups in total. The molecule has 1 aromatic rings. The van der Waals surface area contributed by atoms with Gasteiger partial charge in [-0.05, 0) is 61.5 Å². The van der Waals surface area contributed by atoms with Gasteiger partial charge in [0, 0.05) is 13.6 Å². The van der Waals surface area contributed by atoms with Crippen LogP contribution >= 0.6 is 0 Å². The minimum Gasteiger partial charge on any atom is -0.342 e. The topological polar surface area (TPSA) is 157 Å². The van der Waals surface area contributed by atoms with Gasteiger partial charge in [0.25, 0.3) is 5.91 Å². The average molecular weight is 669 g/mol. The number of benzene rings is 1. The first-order valence-electron chi connectivity index (χ1n) is 17.5. The van der Waals surface area contributed by atoms with E-state index in [1.165, 1.54) is 9.80 Å². The molecule has 6 amide bonds. The lowest BCUT2D eigenvalue weighted by Gasteiger charge is -2.39. The molecule has 266 valence electrons. The van der Waals surface area contributed by atoms with Crippen molar-refractivity contribution in [1.29, 1.82) is 0 Å². The van der Waals surface area contributed by atoms with Crippen LogP contribution in [0.15, 0.2) is 24.3 Å². The number of fused-ring (bicyclic) bond motifs is 2. The van der Waals surface area contributed by atoms with E-state index in [1.54, 1.807) is 59.0 Å². The van der Waals surface area contributed by atoms with Crippen molar-refractivity contribution in [2.45, 2.75) is 118 Å². The Morgan fingerprint density at radius 2 is 1.31 bits per heavy atom. The quantitative estimate of drug-likeness (QED) is 0.365. The second-order valence-corrected chi connectivity index (χ2v) is 14.5. The Hall–Kier alpha value is -3.96. The third kappa shape index (κ3) is 9.14. The van der Waals surface area contributed by atoms with Gasteiger partial charge >= 0.3 is 0 Å². The van der Waals surface area contributed by atoms with Gasteiger partial charge in [-0.2, -0.15) is 0 Å². The van der Waals surface area contributed by atoms with E-state index in [4.69, 9.17) is 0 Å². The van der Waals surface area contributed by atoms with Crippen LogP contribution in [0, 0.1) is 23.7 Å². The van der Waals surface area contributed by atoms with Crippen LogP contribution in [0.1, 0.15) is 97.9 Å². The van der Waals surface area contributed by atoms with Crippen molar-refractivity contribution < 1.29 is 28.8 Å². The highest BCUT2D eigenvalue weighted by atomic mass is 16.2. The van der Waals surface area contributed by atoms with Crippen molar-refractivity contribution in [3.63, 3.8) is 0 Å². The normalized spacial score (nSPS) is 26.1. The summed E-state index contributed by atoms with van der Waals surface area (Å²) >= 11 is 0.